The molecule has 0 saturated carbocycles. The zero-order valence-corrected chi connectivity index (χ0v) is 10.2. The van der Waals surface area contributed by atoms with Crippen LogP contribution in [0.4, 0.5) is 0 Å². The maximum absolute atomic E-state index is 9.13. The predicted molar refractivity (Wildman–Crippen MR) is 65.7 cm³/mol. The SMILES string of the molecule is COc1ccc(C(C)(CCO)C(C)N)cc1. The van der Waals surface area contributed by atoms with Crippen molar-refractivity contribution in [2.45, 2.75) is 31.7 Å². The molecule has 0 saturated heterocycles. The van der Waals surface area contributed by atoms with Crippen molar-refractivity contribution in [3.63, 3.8) is 0 Å². The Morgan fingerprint density at radius 1 is 1.38 bits per heavy atom. The molecule has 0 amide bonds. The van der Waals surface area contributed by atoms with E-state index in [4.69, 9.17) is 15.6 Å². The molecule has 3 heteroatoms. The van der Waals surface area contributed by atoms with E-state index >= 15 is 0 Å². The Hall–Kier alpha value is -1.06. The Kier molecular flexibility index (Phi) is 4.33. The molecule has 0 aliphatic carbocycles. The number of nitrogens with two attached hydrogens (primary N) is 1. The number of aliphatic hydroxyl groups is 1. The Morgan fingerprint density at radius 3 is 2.31 bits per heavy atom. The van der Waals surface area contributed by atoms with Gasteiger partial charge >= 0.3 is 0 Å². The first-order valence-electron chi connectivity index (χ1n) is 5.55. The molecule has 0 spiro atoms. The highest BCUT2D eigenvalue weighted by Crippen LogP contribution is 2.31. The highest BCUT2D eigenvalue weighted by molar-refractivity contribution is 5.33. The lowest BCUT2D eigenvalue weighted by atomic mass is 9.74. The molecule has 0 heterocycles. The number of benzene rings is 1. The van der Waals surface area contributed by atoms with Crippen LogP contribution in [0.1, 0.15) is 25.8 Å². The number of aliphatic hydroxyl groups excluding tert-OH is 1. The first-order chi connectivity index (χ1) is 7.54. The van der Waals surface area contributed by atoms with Crippen LogP contribution in [0.25, 0.3) is 0 Å². The van der Waals surface area contributed by atoms with E-state index in [0.717, 1.165) is 11.3 Å². The largest absolute Gasteiger partial charge is 0.497 e. The second-order valence-electron chi connectivity index (χ2n) is 4.41. The molecule has 3 N–H and O–H groups in total. The van der Waals surface area contributed by atoms with E-state index in [0.29, 0.717) is 6.42 Å². The molecule has 2 unspecified atom stereocenters. The van der Waals surface area contributed by atoms with Crippen LogP contribution in [0, 0.1) is 0 Å². The molecule has 0 aliphatic rings. The molecule has 90 valence electrons. The molecule has 16 heavy (non-hydrogen) atoms. The maximum Gasteiger partial charge on any atom is 0.118 e. The van der Waals surface area contributed by atoms with E-state index < -0.39 is 0 Å². The van der Waals surface area contributed by atoms with Crippen LogP contribution >= 0.6 is 0 Å². The van der Waals surface area contributed by atoms with E-state index in [1.54, 1.807) is 7.11 Å². The van der Waals surface area contributed by atoms with Crippen molar-refractivity contribution < 1.29 is 9.84 Å². The molecular weight excluding hydrogens is 202 g/mol. The molecule has 0 aliphatic heterocycles. The van der Waals surface area contributed by atoms with Crippen molar-refractivity contribution in [2.75, 3.05) is 13.7 Å². The van der Waals surface area contributed by atoms with Crippen molar-refractivity contribution >= 4 is 0 Å². The predicted octanol–water partition coefficient (Wildman–Crippen LogP) is 1.68. The van der Waals surface area contributed by atoms with Crippen LogP contribution in [-0.2, 0) is 5.41 Å². The third-order valence-electron chi connectivity index (χ3n) is 3.39. The van der Waals surface area contributed by atoms with Gasteiger partial charge in [0.05, 0.1) is 7.11 Å². The normalized spacial score (nSPS) is 16.6. The Balaban J connectivity index is 3.01. The van der Waals surface area contributed by atoms with Gasteiger partial charge < -0.3 is 15.6 Å². The van der Waals surface area contributed by atoms with E-state index in [-0.39, 0.29) is 18.1 Å². The second kappa shape index (κ2) is 5.32. The second-order valence-corrected chi connectivity index (χ2v) is 4.41. The number of methoxy groups -OCH3 is 1. The van der Waals surface area contributed by atoms with E-state index in [2.05, 4.69) is 6.92 Å². The van der Waals surface area contributed by atoms with E-state index in [1.165, 1.54) is 0 Å². The third-order valence-corrected chi connectivity index (χ3v) is 3.39. The summed E-state index contributed by atoms with van der Waals surface area (Å²) in [5, 5.41) is 9.13. The summed E-state index contributed by atoms with van der Waals surface area (Å²) in [5.74, 6) is 0.833. The van der Waals surface area contributed by atoms with Gasteiger partial charge in [-0.3, -0.25) is 0 Å². The standard InChI is InChI=1S/C13H21NO2/c1-10(14)13(2,8-9-15)11-4-6-12(16-3)7-5-11/h4-7,10,15H,8-9,14H2,1-3H3. The Labute approximate surface area is 97.2 Å². The van der Waals surface area contributed by atoms with Gasteiger partial charge in [0.25, 0.3) is 0 Å². The van der Waals surface area contributed by atoms with E-state index in [9.17, 15) is 0 Å². The summed E-state index contributed by atoms with van der Waals surface area (Å²) in [6.07, 6.45) is 0.664. The fraction of sp³-hybridized carbons (Fsp3) is 0.538. The minimum Gasteiger partial charge on any atom is -0.497 e. The zero-order chi connectivity index (χ0) is 12.2. The molecule has 2 atom stereocenters. The van der Waals surface area contributed by atoms with Crippen LogP contribution in [0.2, 0.25) is 0 Å². The average molecular weight is 223 g/mol. The van der Waals surface area contributed by atoms with Crippen LogP contribution in [-0.4, -0.2) is 24.9 Å². The smallest absolute Gasteiger partial charge is 0.118 e. The lowest BCUT2D eigenvalue weighted by molar-refractivity contribution is 0.229. The zero-order valence-electron chi connectivity index (χ0n) is 10.2. The summed E-state index contributed by atoms with van der Waals surface area (Å²) in [5.41, 5.74) is 6.96. The van der Waals surface area contributed by atoms with Gasteiger partial charge in [0.15, 0.2) is 0 Å². The topological polar surface area (TPSA) is 55.5 Å². The Bertz CT molecular complexity index is 321. The maximum atomic E-state index is 9.13. The monoisotopic (exact) mass is 223 g/mol. The first-order valence-corrected chi connectivity index (χ1v) is 5.55. The molecular formula is C13H21NO2. The number of rotatable bonds is 5. The van der Waals surface area contributed by atoms with Crippen LogP contribution in [0.5, 0.6) is 5.75 Å². The molecule has 1 rings (SSSR count). The number of hydrogen-bond donors (Lipinski definition) is 2. The van der Waals surface area contributed by atoms with Gasteiger partial charge in [0.2, 0.25) is 0 Å². The highest BCUT2D eigenvalue weighted by Gasteiger charge is 2.30. The summed E-state index contributed by atoms with van der Waals surface area (Å²) in [7, 11) is 1.65. The average Bonchev–Trinajstić information content (AvgIpc) is 2.29. The minimum absolute atomic E-state index is 0.00644. The third kappa shape index (κ3) is 2.54. The number of hydrogen-bond acceptors (Lipinski definition) is 3. The van der Waals surface area contributed by atoms with Gasteiger partial charge in [-0.2, -0.15) is 0 Å². The number of ether oxygens (including phenoxy) is 1. The van der Waals surface area contributed by atoms with Crippen molar-refractivity contribution in [3.8, 4) is 5.75 Å². The fourth-order valence-electron chi connectivity index (χ4n) is 1.84. The molecule has 1 aromatic carbocycles. The molecule has 3 nitrogen and oxygen atoms in total. The summed E-state index contributed by atoms with van der Waals surface area (Å²) in [6, 6.07) is 7.86. The molecule has 0 aromatic heterocycles. The first kappa shape index (κ1) is 13.0. The molecule has 1 aromatic rings. The summed E-state index contributed by atoms with van der Waals surface area (Å²) < 4.78 is 5.12. The Morgan fingerprint density at radius 2 is 1.94 bits per heavy atom. The van der Waals surface area contributed by atoms with Crippen LogP contribution in [0.3, 0.4) is 0 Å². The molecule has 0 bridgehead atoms. The molecule has 0 fully saturated rings. The lowest BCUT2D eigenvalue weighted by Crippen LogP contribution is -2.41. The van der Waals surface area contributed by atoms with E-state index in [1.807, 2.05) is 31.2 Å². The van der Waals surface area contributed by atoms with Crippen molar-refractivity contribution in [1.29, 1.82) is 0 Å². The quantitative estimate of drug-likeness (QED) is 0.798. The summed E-state index contributed by atoms with van der Waals surface area (Å²) >= 11 is 0. The van der Waals surface area contributed by atoms with Crippen molar-refractivity contribution in [2.24, 2.45) is 5.73 Å². The van der Waals surface area contributed by atoms with Gasteiger partial charge in [-0.25, -0.2) is 0 Å². The van der Waals surface area contributed by atoms with Crippen LogP contribution < -0.4 is 10.5 Å². The summed E-state index contributed by atoms with van der Waals surface area (Å²) in [6.45, 7) is 4.19. The van der Waals surface area contributed by atoms with Crippen molar-refractivity contribution in [1.82, 2.24) is 0 Å². The van der Waals surface area contributed by atoms with Gasteiger partial charge in [-0.1, -0.05) is 19.1 Å². The van der Waals surface area contributed by atoms with Gasteiger partial charge in [0, 0.05) is 18.1 Å². The van der Waals surface area contributed by atoms with Gasteiger partial charge in [-0.05, 0) is 31.0 Å². The summed E-state index contributed by atoms with van der Waals surface area (Å²) in [4.78, 5) is 0. The van der Waals surface area contributed by atoms with Gasteiger partial charge in [-0.15, -0.1) is 0 Å². The van der Waals surface area contributed by atoms with Crippen LogP contribution in [0.15, 0.2) is 24.3 Å². The lowest BCUT2D eigenvalue weighted by Gasteiger charge is -2.33. The highest BCUT2D eigenvalue weighted by atomic mass is 16.5. The van der Waals surface area contributed by atoms with Gasteiger partial charge in [0.1, 0.15) is 5.75 Å². The van der Waals surface area contributed by atoms with Crippen molar-refractivity contribution in [3.05, 3.63) is 29.8 Å². The molecule has 0 radical (unpaired) electrons. The fourth-order valence-corrected chi connectivity index (χ4v) is 1.84. The minimum atomic E-state index is -0.193.